The average molecular weight is 317 g/mol. The maximum absolute atomic E-state index is 11.2. The molecule has 2 atom stereocenters. The van der Waals surface area contributed by atoms with E-state index in [4.69, 9.17) is 9.16 Å². The lowest BCUT2D eigenvalue weighted by molar-refractivity contribution is -0.137. The van der Waals surface area contributed by atoms with Crippen molar-refractivity contribution in [2.45, 2.75) is 65.3 Å². The summed E-state index contributed by atoms with van der Waals surface area (Å²) in [5, 5.41) is 10.3. The lowest BCUT2D eigenvalue weighted by Crippen LogP contribution is -2.41. The van der Waals surface area contributed by atoms with E-state index in [0.717, 1.165) is 0 Å². The molecule has 124 valence electrons. The van der Waals surface area contributed by atoms with Crippen LogP contribution in [-0.4, -0.2) is 38.7 Å². The van der Waals surface area contributed by atoms with Crippen molar-refractivity contribution in [2.24, 2.45) is 5.92 Å². The smallest absolute Gasteiger partial charge is 0.330 e. The molecule has 0 aliphatic rings. The van der Waals surface area contributed by atoms with E-state index in [1.54, 1.807) is 13.0 Å². The van der Waals surface area contributed by atoms with Gasteiger partial charge < -0.3 is 14.3 Å². The fourth-order valence-electron chi connectivity index (χ4n) is 1.46. The molecule has 4 nitrogen and oxygen atoms in total. The van der Waals surface area contributed by atoms with E-state index >= 15 is 0 Å². The van der Waals surface area contributed by atoms with E-state index in [0.29, 0.717) is 19.6 Å². The summed E-state index contributed by atoms with van der Waals surface area (Å²) < 4.78 is 10.9. The number of ether oxygens (including phenoxy) is 1. The van der Waals surface area contributed by atoms with Crippen molar-refractivity contribution in [1.82, 2.24) is 0 Å². The van der Waals surface area contributed by atoms with Crippen LogP contribution in [0.15, 0.2) is 12.2 Å². The molecule has 0 unspecified atom stereocenters. The van der Waals surface area contributed by atoms with Gasteiger partial charge in [0.1, 0.15) is 0 Å². The van der Waals surface area contributed by atoms with Crippen LogP contribution in [0, 0.1) is 5.92 Å². The fourth-order valence-corrected chi connectivity index (χ4v) is 2.52. The maximum Gasteiger partial charge on any atom is 0.330 e. The largest absolute Gasteiger partial charge is 0.463 e. The highest BCUT2D eigenvalue weighted by molar-refractivity contribution is 6.74. The summed E-state index contributed by atoms with van der Waals surface area (Å²) in [4.78, 5) is 11.2. The molecule has 0 bridgehead atoms. The highest BCUT2D eigenvalue weighted by Gasteiger charge is 2.37. The molecule has 0 aromatic heterocycles. The third kappa shape index (κ3) is 7.78. The van der Waals surface area contributed by atoms with Crippen LogP contribution in [0.2, 0.25) is 18.1 Å². The van der Waals surface area contributed by atoms with Gasteiger partial charge in [-0.3, -0.25) is 0 Å². The quantitative estimate of drug-likeness (QED) is 0.423. The zero-order chi connectivity index (χ0) is 16.7. The van der Waals surface area contributed by atoms with Crippen molar-refractivity contribution in [3.8, 4) is 0 Å². The first-order chi connectivity index (χ1) is 9.51. The zero-order valence-corrected chi connectivity index (χ0v) is 15.6. The topological polar surface area (TPSA) is 55.8 Å². The normalized spacial score (nSPS) is 16.0. The number of aliphatic hydroxyl groups is 1. The first-order valence-corrected chi connectivity index (χ1v) is 10.6. The fraction of sp³-hybridized carbons (Fsp3) is 0.812. The Hall–Kier alpha value is -0.653. The molecule has 0 saturated heterocycles. The van der Waals surface area contributed by atoms with E-state index in [-0.39, 0.29) is 16.9 Å². The average Bonchev–Trinajstić information content (AvgIpc) is 2.34. The van der Waals surface area contributed by atoms with Crippen LogP contribution in [0.25, 0.3) is 0 Å². The second-order valence-corrected chi connectivity index (χ2v) is 11.7. The first kappa shape index (κ1) is 20.3. The second kappa shape index (κ2) is 8.71. The van der Waals surface area contributed by atoms with Gasteiger partial charge in [-0.25, -0.2) is 4.79 Å². The second-order valence-electron chi connectivity index (χ2n) is 6.94. The minimum absolute atomic E-state index is 0.0996. The number of aliphatic hydroxyl groups excluding tert-OH is 1. The molecule has 0 saturated carbocycles. The minimum atomic E-state index is -1.76. The highest BCUT2D eigenvalue weighted by atomic mass is 28.4. The van der Waals surface area contributed by atoms with E-state index in [1.807, 2.05) is 6.92 Å². The Morgan fingerprint density at radius 3 is 2.38 bits per heavy atom. The molecule has 0 heterocycles. The number of hydrogen-bond donors (Lipinski definition) is 1. The summed E-state index contributed by atoms with van der Waals surface area (Å²) in [6, 6.07) is 0. The van der Waals surface area contributed by atoms with Gasteiger partial charge in [0.2, 0.25) is 0 Å². The van der Waals surface area contributed by atoms with Crippen molar-refractivity contribution in [3.05, 3.63) is 12.2 Å². The van der Waals surface area contributed by atoms with E-state index in [1.165, 1.54) is 6.08 Å². The summed E-state index contributed by atoms with van der Waals surface area (Å²) >= 11 is 0. The van der Waals surface area contributed by atoms with Crippen LogP contribution < -0.4 is 0 Å². The molecular formula is C16H32O4Si. The van der Waals surface area contributed by atoms with Crippen LogP contribution in [0.5, 0.6) is 0 Å². The van der Waals surface area contributed by atoms with Crippen molar-refractivity contribution in [1.29, 1.82) is 0 Å². The molecule has 21 heavy (non-hydrogen) atoms. The highest BCUT2D eigenvalue weighted by Crippen LogP contribution is 2.36. The number of esters is 1. The monoisotopic (exact) mass is 316 g/mol. The minimum Gasteiger partial charge on any atom is -0.463 e. The Kier molecular flexibility index (Phi) is 8.44. The molecule has 0 rings (SSSR count). The molecule has 0 radical (unpaired) electrons. The Bertz CT molecular complexity index is 345. The number of carbonyl (C=O) groups excluding carboxylic acids is 1. The number of carbonyl (C=O) groups is 1. The Morgan fingerprint density at radius 1 is 1.33 bits per heavy atom. The third-order valence-corrected chi connectivity index (χ3v) is 8.65. The van der Waals surface area contributed by atoms with Crippen LogP contribution >= 0.6 is 0 Å². The van der Waals surface area contributed by atoms with Gasteiger partial charge in [-0.1, -0.05) is 33.8 Å². The molecule has 0 fully saturated rings. The standard InChI is InChI=1S/C16H32O4Si/c1-8-19-15(18)10-9-13(2)14(17)11-12-20-21(6,7)16(3,4)5/h9-10,13-14,17H,8,11-12H2,1-7H3/b10-9+/t13-,14+/m1/s1. The molecule has 0 amide bonds. The Labute approximate surface area is 130 Å². The van der Waals surface area contributed by atoms with E-state index in [9.17, 15) is 9.90 Å². The van der Waals surface area contributed by atoms with Gasteiger partial charge in [0, 0.05) is 18.6 Å². The van der Waals surface area contributed by atoms with Gasteiger partial charge in [0.05, 0.1) is 12.7 Å². The lowest BCUT2D eigenvalue weighted by Gasteiger charge is -2.36. The molecule has 5 heteroatoms. The van der Waals surface area contributed by atoms with Gasteiger partial charge in [-0.2, -0.15) is 0 Å². The maximum atomic E-state index is 11.2. The molecule has 0 aliphatic heterocycles. The summed E-state index contributed by atoms with van der Waals surface area (Å²) in [5.41, 5.74) is 0. The molecule has 1 N–H and O–H groups in total. The van der Waals surface area contributed by atoms with Gasteiger partial charge in [0.25, 0.3) is 0 Å². The molecule has 0 aromatic rings. The van der Waals surface area contributed by atoms with Crippen molar-refractivity contribution in [3.63, 3.8) is 0 Å². The first-order valence-electron chi connectivity index (χ1n) is 7.68. The Morgan fingerprint density at radius 2 is 1.90 bits per heavy atom. The van der Waals surface area contributed by atoms with Crippen LogP contribution in [-0.2, 0) is 14.0 Å². The van der Waals surface area contributed by atoms with E-state index < -0.39 is 14.4 Å². The summed E-state index contributed by atoms with van der Waals surface area (Å²) in [7, 11) is -1.76. The van der Waals surface area contributed by atoms with Gasteiger partial charge in [-0.15, -0.1) is 0 Å². The summed E-state index contributed by atoms with van der Waals surface area (Å²) in [6.07, 6.45) is 3.13. The number of rotatable bonds is 8. The summed E-state index contributed by atoms with van der Waals surface area (Å²) in [5.74, 6) is -0.466. The van der Waals surface area contributed by atoms with Gasteiger partial charge in [0.15, 0.2) is 8.32 Å². The van der Waals surface area contributed by atoms with Gasteiger partial charge >= 0.3 is 5.97 Å². The third-order valence-electron chi connectivity index (χ3n) is 4.11. The van der Waals surface area contributed by atoms with Crippen molar-refractivity contribution in [2.75, 3.05) is 13.2 Å². The molecule has 0 spiro atoms. The predicted molar refractivity (Wildman–Crippen MR) is 88.7 cm³/mol. The Balaban J connectivity index is 4.20. The zero-order valence-electron chi connectivity index (χ0n) is 14.6. The molecular weight excluding hydrogens is 284 g/mol. The lowest BCUT2D eigenvalue weighted by atomic mass is 10.0. The van der Waals surface area contributed by atoms with Crippen LogP contribution in [0.1, 0.15) is 41.0 Å². The number of hydrogen-bond acceptors (Lipinski definition) is 4. The molecule has 0 aliphatic carbocycles. The summed E-state index contributed by atoms with van der Waals surface area (Å²) in [6.45, 7) is 15.5. The van der Waals surface area contributed by atoms with E-state index in [2.05, 4.69) is 33.9 Å². The van der Waals surface area contributed by atoms with Crippen LogP contribution in [0.3, 0.4) is 0 Å². The van der Waals surface area contributed by atoms with Gasteiger partial charge in [-0.05, 0) is 31.5 Å². The van der Waals surface area contributed by atoms with Crippen molar-refractivity contribution < 1.29 is 19.1 Å². The van der Waals surface area contributed by atoms with Crippen molar-refractivity contribution >= 4 is 14.3 Å². The predicted octanol–water partition coefficient (Wildman–Crippen LogP) is 3.51. The SMILES string of the molecule is CCOC(=O)/C=C/[C@@H](C)[C@@H](O)CCO[Si](C)(C)C(C)(C)C. The van der Waals surface area contributed by atoms with Crippen LogP contribution in [0.4, 0.5) is 0 Å². The molecule has 0 aromatic carbocycles.